The van der Waals surface area contributed by atoms with E-state index in [0.29, 0.717) is 0 Å². The molecule has 1 nitrogen and oxygen atoms in total. The van der Waals surface area contributed by atoms with Crippen LogP contribution in [0.5, 0.6) is 0 Å². The molecule has 0 spiro atoms. The van der Waals surface area contributed by atoms with Gasteiger partial charge in [0.1, 0.15) is 0 Å². The molecule has 1 aliphatic carbocycles. The van der Waals surface area contributed by atoms with Crippen molar-refractivity contribution in [1.29, 1.82) is 0 Å². The fourth-order valence-corrected chi connectivity index (χ4v) is 4.11. The van der Waals surface area contributed by atoms with Crippen molar-refractivity contribution < 1.29 is 51.0 Å². The predicted molar refractivity (Wildman–Crippen MR) is 125 cm³/mol. The van der Waals surface area contributed by atoms with E-state index in [1.54, 1.807) is 0 Å². The van der Waals surface area contributed by atoms with E-state index in [2.05, 4.69) is 115 Å². The molecule has 0 saturated heterocycles. The van der Waals surface area contributed by atoms with Crippen molar-refractivity contribution >= 4 is 32.6 Å². The number of fused-ring (bicyclic) bond motifs is 4. The second-order valence-corrected chi connectivity index (χ2v) is 7.61. The molecule has 0 bridgehead atoms. The van der Waals surface area contributed by atoms with Crippen LogP contribution in [0.3, 0.4) is 0 Å². The van der Waals surface area contributed by atoms with Crippen molar-refractivity contribution in [2.24, 2.45) is 0 Å². The molecule has 1 aliphatic rings. The van der Waals surface area contributed by atoms with E-state index in [-0.39, 0.29) is 51.0 Å². The minimum atomic E-state index is 0. The van der Waals surface area contributed by atoms with Crippen LogP contribution in [-0.2, 0) is 26.2 Å². The van der Waals surface area contributed by atoms with Crippen molar-refractivity contribution in [3.05, 3.63) is 108 Å². The van der Waals surface area contributed by atoms with Gasteiger partial charge in [0.15, 0.2) is 0 Å². The van der Waals surface area contributed by atoms with Gasteiger partial charge in [0.2, 0.25) is 0 Å². The fraction of sp³-hybridized carbons (Fsp3) is 0.107. The summed E-state index contributed by atoms with van der Waals surface area (Å²) in [6, 6.07) is 30.3. The Morgan fingerprint density at radius 2 is 1.34 bits per heavy atom. The molecule has 0 saturated carbocycles. The van der Waals surface area contributed by atoms with Crippen molar-refractivity contribution in [3.8, 4) is 5.69 Å². The normalized spacial score (nSPS) is 12.2. The number of aromatic nitrogens is 1. The predicted octanol–water partition coefficient (Wildman–Crippen LogP) is 1.75. The van der Waals surface area contributed by atoms with Gasteiger partial charge in [-0.2, -0.15) is 6.08 Å². The minimum absolute atomic E-state index is 0. The molecule has 1 aromatic heterocycles. The molecule has 6 rings (SSSR count). The number of rotatable bonds is 1. The molecule has 5 aromatic rings. The molecule has 4 heteroatoms. The van der Waals surface area contributed by atoms with E-state index in [1.165, 1.54) is 49.4 Å². The van der Waals surface area contributed by atoms with Crippen molar-refractivity contribution in [1.82, 2.24) is 4.57 Å². The maximum Gasteiger partial charge on any atom is 4.00 e. The van der Waals surface area contributed by atoms with Gasteiger partial charge in [-0.15, -0.1) is 54.4 Å². The number of para-hydroxylation sites is 2. The van der Waals surface area contributed by atoms with Crippen LogP contribution in [0.2, 0.25) is 0 Å². The van der Waals surface area contributed by atoms with Crippen molar-refractivity contribution in [2.45, 2.75) is 20.3 Å². The third kappa shape index (κ3) is 4.84. The van der Waals surface area contributed by atoms with Crippen LogP contribution in [0.4, 0.5) is 0 Å². The molecular weight excluding hydrogens is 512 g/mol. The standard InChI is InChI=1S/C21H14N.C7H9.2ClH.Zr/c1-2-8-16-14-17(13-15(16)7-1)22-20-11-5-3-9-18(20)19-10-4-6-12-21(19)22;1-6-4-3-5-7(6)2;;;/h1-14H;4H,3H2,1-2H3;2*1H;/q2*-1;;;+4/p-2. The Balaban J connectivity index is 0.000000317. The second kappa shape index (κ2) is 11.2. The summed E-state index contributed by atoms with van der Waals surface area (Å²) in [6.45, 7) is 4.22. The van der Waals surface area contributed by atoms with Crippen LogP contribution in [0.15, 0.2) is 102 Å². The smallest absolute Gasteiger partial charge is 1.00 e. The van der Waals surface area contributed by atoms with Crippen molar-refractivity contribution in [2.75, 3.05) is 0 Å². The van der Waals surface area contributed by atoms with Crippen LogP contribution in [0.1, 0.15) is 20.3 Å². The molecule has 32 heavy (non-hydrogen) atoms. The van der Waals surface area contributed by atoms with Gasteiger partial charge in [-0.05, 0) is 17.8 Å². The third-order valence-electron chi connectivity index (χ3n) is 5.81. The Kier molecular flexibility index (Phi) is 9.22. The van der Waals surface area contributed by atoms with Crippen LogP contribution in [-0.4, -0.2) is 4.57 Å². The summed E-state index contributed by atoms with van der Waals surface area (Å²) in [5.74, 6) is 0. The summed E-state index contributed by atoms with van der Waals surface area (Å²) in [5, 5.41) is 5.20. The van der Waals surface area contributed by atoms with E-state index >= 15 is 0 Å². The molecule has 1 heterocycles. The molecular formula is C28H23Cl2NZr. The summed E-state index contributed by atoms with van der Waals surface area (Å²) < 4.78 is 2.37. The number of nitrogens with zero attached hydrogens (tertiary/aromatic N) is 1. The molecule has 0 atom stereocenters. The number of benzene rings is 3. The Labute approximate surface area is 221 Å². The molecule has 0 N–H and O–H groups in total. The summed E-state index contributed by atoms with van der Waals surface area (Å²) in [6.07, 6.45) is 6.41. The summed E-state index contributed by atoms with van der Waals surface area (Å²) in [7, 11) is 0. The van der Waals surface area contributed by atoms with Gasteiger partial charge in [0, 0.05) is 10.8 Å². The number of allylic oxidation sites excluding steroid dienone is 4. The zero-order valence-corrected chi connectivity index (χ0v) is 22.0. The van der Waals surface area contributed by atoms with Crippen LogP contribution >= 0.6 is 0 Å². The SMILES string of the molecule is CC1=[C-]CC=C1C.[Cl-].[Cl-].[Zr+4].c1ccc2[cH-]c(-n3c4ccccc4c4ccccc43)cc2c1. The van der Waals surface area contributed by atoms with Gasteiger partial charge in [0.25, 0.3) is 0 Å². The first-order valence-electron chi connectivity index (χ1n) is 10.1. The molecule has 4 aromatic carbocycles. The Morgan fingerprint density at radius 3 is 1.84 bits per heavy atom. The monoisotopic (exact) mass is 533 g/mol. The minimum Gasteiger partial charge on any atom is -1.00 e. The zero-order valence-electron chi connectivity index (χ0n) is 18.1. The molecule has 0 fully saturated rings. The second-order valence-electron chi connectivity index (χ2n) is 7.61. The maximum atomic E-state index is 3.19. The summed E-state index contributed by atoms with van der Waals surface area (Å²) in [4.78, 5) is 0. The first-order valence-corrected chi connectivity index (χ1v) is 10.1. The Morgan fingerprint density at radius 1 is 0.781 bits per heavy atom. The zero-order chi connectivity index (χ0) is 19.8. The van der Waals surface area contributed by atoms with E-state index in [4.69, 9.17) is 0 Å². The Hall–Kier alpha value is -1.99. The molecule has 0 amide bonds. The first kappa shape index (κ1) is 26.3. The molecule has 0 unspecified atom stereocenters. The first-order chi connectivity index (χ1) is 14.2. The average molecular weight is 536 g/mol. The summed E-state index contributed by atoms with van der Waals surface area (Å²) >= 11 is 0. The van der Waals surface area contributed by atoms with Crippen LogP contribution in [0, 0.1) is 6.08 Å². The van der Waals surface area contributed by atoms with E-state index in [1.807, 2.05) is 0 Å². The number of hydrogen-bond acceptors (Lipinski definition) is 0. The van der Waals surface area contributed by atoms with Crippen LogP contribution < -0.4 is 24.8 Å². The van der Waals surface area contributed by atoms with E-state index in [0.717, 1.165) is 6.42 Å². The van der Waals surface area contributed by atoms with Gasteiger partial charge in [-0.25, -0.2) is 11.1 Å². The summed E-state index contributed by atoms with van der Waals surface area (Å²) in [5.41, 5.74) is 6.47. The molecule has 158 valence electrons. The van der Waals surface area contributed by atoms with Gasteiger partial charge in [0.05, 0.1) is 11.0 Å². The van der Waals surface area contributed by atoms with E-state index in [9.17, 15) is 0 Å². The average Bonchev–Trinajstić information content (AvgIpc) is 3.43. The molecule has 0 radical (unpaired) electrons. The fourth-order valence-electron chi connectivity index (χ4n) is 4.11. The molecule has 0 aliphatic heterocycles. The quantitative estimate of drug-likeness (QED) is 0.289. The number of hydrogen-bond donors (Lipinski definition) is 0. The largest absolute Gasteiger partial charge is 4.00 e. The van der Waals surface area contributed by atoms with Crippen LogP contribution in [0.25, 0.3) is 38.3 Å². The van der Waals surface area contributed by atoms with E-state index < -0.39 is 0 Å². The topological polar surface area (TPSA) is 4.93 Å². The third-order valence-corrected chi connectivity index (χ3v) is 5.81. The van der Waals surface area contributed by atoms with Gasteiger partial charge < -0.3 is 29.4 Å². The van der Waals surface area contributed by atoms with Gasteiger partial charge >= 0.3 is 26.2 Å². The van der Waals surface area contributed by atoms with Gasteiger partial charge in [-0.1, -0.05) is 49.4 Å². The number of halogens is 2. The van der Waals surface area contributed by atoms with Gasteiger partial charge in [-0.3, -0.25) is 6.08 Å². The Bertz CT molecular complexity index is 1300. The van der Waals surface area contributed by atoms with Crippen molar-refractivity contribution in [3.63, 3.8) is 0 Å². The maximum absolute atomic E-state index is 3.19.